The fourth-order valence-electron chi connectivity index (χ4n) is 3.20. The lowest BCUT2D eigenvalue weighted by molar-refractivity contribution is 0.0340. The lowest BCUT2D eigenvalue weighted by Crippen LogP contribution is -2.44. The molecular weight excluding hydrogens is 324 g/mol. The molecule has 3 rings (SSSR count). The van der Waals surface area contributed by atoms with Crippen molar-refractivity contribution < 1.29 is 14.3 Å². The molecule has 0 radical (unpaired) electrons. The topological polar surface area (TPSA) is 66.6 Å². The Kier molecular flexibility index (Phi) is 4.78. The predicted octanol–water partition coefficient (Wildman–Crippen LogP) is 3.64. The monoisotopic (exact) mass is 348 g/mol. The van der Waals surface area contributed by atoms with Gasteiger partial charge >= 0.3 is 0 Å². The van der Waals surface area contributed by atoms with Crippen molar-refractivity contribution in [3.63, 3.8) is 0 Å². The Morgan fingerprint density at radius 1 is 1.38 bits per heavy atom. The van der Waals surface area contributed by atoms with Crippen molar-refractivity contribution in [2.24, 2.45) is 5.41 Å². The van der Waals surface area contributed by atoms with Gasteiger partial charge in [0, 0.05) is 19.7 Å². The average molecular weight is 348 g/mol. The average Bonchev–Trinajstić information content (AvgIpc) is 3.20. The molecule has 1 aliphatic rings. The molecule has 24 heavy (non-hydrogen) atoms. The van der Waals surface area contributed by atoms with Gasteiger partial charge in [0.05, 0.1) is 5.69 Å². The Balaban J connectivity index is 1.75. The molecule has 0 unspecified atom stereocenters. The summed E-state index contributed by atoms with van der Waals surface area (Å²) in [5.41, 5.74) is 0.736. The van der Waals surface area contributed by atoms with E-state index in [2.05, 4.69) is 11.9 Å². The summed E-state index contributed by atoms with van der Waals surface area (Å²) >= 11 is 1.39. The van der Waals surface area contributed by atoms with Crippen molar-refractivity contribution in [1.82, 2.24) is 9.88 Å². The second-order valence-corrected chi connectivity index (χ2v) is 7.65. The first-order chi connectivity index (χ1) is 11.5. The highest BCUT2D eigenvalue weighted by molar-refractivity contribution is 7.17. The molecule has 0 saturated carbocycles. The molecular formula is C18H24N2O3S. The van der Waals surface area contributed by atoms with E-state index < -0.39 is 0 Å². The summed E-state index contributed by atoms with van der Waals surface area (Å²) in [6.07, 6.45) is 2.66. The highest BCUT2D eigenvalue weighted by Gasteiger charge is 2.35. The highest BCUT2D eigenvalue weighted by atomic mass is 32.1. The first-order valence-electron chi connectivity index (χ1n) is 8.42. The Morgan fingerprint density at radius 2 is 2.08 bits per heavy atom. The molecule has 0 aromatic carbocycles. The number of nitrogens with zero attached hydrogens (tertiary/aromatic N) is 2. The standard InChI is InChI=1S/C18H24N2O3S/c1-4-18(11-21)7-9-20(10-8-18)17(22)15-13(3)19-16(24-15)14-6-5-12(2)23-14/h5-6,21H,4,7-11H2,1-3H3. The van der Waals surface area contributed by atoms with Crippen LogP contribution in [0.4, 0.5) is 0 Å². The number of aliphatic hydroxyl groups is 1. The second kappa shape index (κ2) is 6.69. The third kappa shape index (κ3) is 3.13. The van der Waals surface area contributed by atoms with Crippen LogP contribution in [0.1, 0.15) is 47.3 Å². The number of hydrogen-bond donors (Lipinski definition) is 1. The maximum atomic E-state index is 12.9. The number of likely N-dealkylation sites (tertiary alicyclic amines) is 1. The van der Waals surface area contributed by atoms with Crippen LogP contribution in [0.15, 0.2) is 16.5 Å². The smallest absolute Gasteiger partial charge is 0.265 e. The molecule has 0 atom stereocenters. The van der Waals surface area contributed by atoms with Crippen molar-refractivity contribution in [2.75, 3.05) is 19.7 Å². The zero-order valence-electron chi connectivity index (χ0n) is 14.5. The van der Waals surface area contributed by atoms with Gasteiger partial charge in [-0.2, -0.15) is 0 Å². The van der Waals surface area contributed by atoms with Gasteiger partial charge in [0.25, 0.3) is 5.91 Å². The van der Waals surface area contributed by atoms with Crippen molar-refractivity contribution in [3.8, 4) is 10.8 Å². The number of rotatable bonds is 4. The Hall–Kier alpha value is -1.66. The summed E-state index contributed by atoms with van der Waals surface area (Å²) in [6, 6.07) is 3.79. The van der Waals surface area contributed by atoms with E-state index in [1.807, 2.05) is 30.9 Å². The highest BCUT2D eigenvalue weighted by Crippen LogP contribution is 2.36. The van der Waals surface area contributed by atoms with Crippen LogP contribution in [0, 0.1) is 19.3 Å². The molecule has 3 heterocycles. The van der Waals surface area contributed by atoms with Gasteiger partial charge in [-0.3, -0.25) is 4.79 Å². The van der Waals surface area contributed by atoms with E-state index in [0.29, 0.717) is 23.7 Å². The molecule has 130 valence electrons. The van der Waals surface area contributed by atoms with Crippen molar-refractivity contribution in [3.05, 3.63) is 28.5 Å². The van der Waals surface area contributed by atoms with Gasteiger partial charge in [-0.1, -0.05) is 6.92 Å². The number of aliphatic hydroxyl groups excluding tert-OH is 1. The minimum Gasteiger partial charge on any atom is -0.459 e. The van der Waals surface area contributed by atoms with Crippen LogP contribution >= 0.6 is 11.3 Å². The molecule has 1 fully saturated rings. The van der Waals surface area contributed by atoms with Crippen LogP contribution in [-0.2, 0) is 0 Å². The van der Waals surface area contributed by atoms with Crippen LogP contribution < -0.4 is 0 Å². The number of hydrogen-bond acceptors (Lipinski definition) is 5. The number of piperidine rings is 1. The van der Waals surface area contributed by atoms with Crippen molar-refractivity contribution in [2.45, 2.75) is 40.0 Å². The summed E-state index contributed by atoms with van der Waals surface area (Å²) in [5.74, 6) is 1.59. The maximum Gasteiger partial charge on any atom is 0.265 e. The van der Waals surface area contributed by atoms with Crippen LogP contribution in [0.2, 0.25) is 0 Å². The number of furan rings is 1. The van der Waals surface area contributed by atoms with E-state index in [4.69, 9.17) is 4.42 Å². The Labute approximate surface area is 146 Å². The zero-order valence-corrected chi connectivity index (χ0v) is 15.3. The largest absolute Gasteiger partial charge is 0.459 e. The van der Waals surface area contributed by atoms with E-state index >= 15 is 0 Å². The molecule has 0 spiro atoms. The van der Waals surface area contributed by atoms with Gasteiger partial charge in [0.15, 0.2) is 10.8 Å². The normalized spacial score (nSPS) is 17.2. The van der Waals surface area contributed by atoms with Gasteiger partial charge in [0.2, 0.25) is 0 Å². The molecule has 0 aliphatic carbocycles. The molecule has 2 aromatic heterocycles. The number of aromatic nitrogens is 1. The third-order valence-corrected chi connectivity index (χ3v) is 6.30. The van der Waals surface area contributed by atoms with E-state index in [0.717, 1.165) is 35.7 Å². The minimum atomic E-state index is -0.0175. The summed E-state index contributed by atoms with van der Waals surface area (Å²) in [5, 5.41) is 10.4. The first kappa shape index (κ1) is 17.2. The van der Waals surface area contributed by atoms with E-state index in [1.54, 1.807) is 0 Å². The maximum absolute atomic E-state index is 12.9. The van der Waals surface area contributed by atoms with Gasteiger partial charge in [-0.15, -0.1) is 11.3 Å². The number of amides is 1. The predicted molar refractivity (Wildman–Crippen MR) is 94.2 cm³/mol. The molecule has 1 N–H and O–H groups in total. The number of carbonyl (C=O) groups is 1. The molecule has 2 aromatic rings. The molecule has 6 heteroatoms. The summed E-state index contributed by atoms with van der Waals surface area (Å²) in [7, 11) is 0. The summed E-state index contributed by atoms with van der Waals surface area (Å²) in [4.78, 5) is 19.9. The quantitative estimate of drug-likeness (QED) is 0.916. The fourth-order valence-corrected chi connectivity index (χ4v) is 4.20. The fraction of sp³-hybridized carbons (Fsp3) is 0.556. The van der Waals surface area contributed by atoms with Gasteiger partial charge in [-0.05, 0) is 50.7 Å². The first-order valence-corrected chi connectivity index (χ1v) is 9.24. The van der Waals surface area contributed by atoms with E-state index in [9.17, 15) is 9.90 Å². The second-order valence-electron chi connectivity index (χ2n) is 6.65. The van der Waals surface area contributed by atoms with Gasteiger partial charge in [-0.25, -0.2) is 4.98 Å². The van der Waals surface area contributed by atoms with Crippen LogP contribution in [0.5, 0.6) is 0 Å². The summed E-state index contributed by atoms with van der Waals surface area (Å²) < 4.78 is 5.61. The van der Waals surface area contributed by atoms with Crippen molar-refractivity contribution in [1.29, 1.82) is 0 Å². The molecule has 1 amide bonds. The number of aryl methyl sites for hydroxylation is 2. The Bertz CT molecular complexity index is 720. The van der Waals surface area contributed by atoms with Crippen LogP contribution in [-0.4, -0.2) is 40.6 Å². The van der Waals surface area contributed by atoms with Crippen molar-refractivity contribution >= 4 is 17.2 Å². The molecule has 0 bridgehead atoms. The summed E-state index contributed by atoms with van der Waals surface area (Å²) in [6.45, 7) is 7.47. The SMILES string of the molecule is CCC1(CO)CCN(C(=O)c2sc(-c3ccc(C)o3)nc2C)CC1. The Morgan fingerprint density at radius 3 is 2.62 bits per heavy atom. The van der Waals surface area contributed by atoms with Gasteiger partial charge < -0.3 is 14.4 Å². The van der Waals surface area contributed by atoms with E-state index in [1.165, 1.54) is 11.3 Å². The molecule has 1 aliphatic heterocycles. The lowest BCUT2D eigenvalue weighted by Gasteiger charge is -2.40. The number of carbonyl (C=O) groups excluding carboxylic acids is 1. The number of thiazole rings is 1. The van der Waals surface area contributed by atoms with Crippen LogP contribution in [0.3, 0.4) is 0 Å². The molecule has 5 nitrogen and oxygen atoms in total. The molecule has 1 saturated heterocycles. The van der Waals surface area contributed by atoms with Gasteiger partial charge in [0.1, 0.15) is 10.6 Å². The lowest BCUT2D eigenvalue weighted by atomic mass is 9.77. The minimum absolute atomic E-state index is 0.0175. The van der Waals surface area contributed by atoms with Crippen LogP contribution in [0.25, 0.3) is 10.8 Å². The zero-order chi connectivity index (χ0) is 17.3. The van der Waals surface area contributed by atoms with E-state index in [-0.39, 0.29) is 17.9 Å². The third-order valence-electron chi connectivity index (χ3n) is 5.14.